The minimum absolute atomic E-state index is 0.312. The summed E-state index contributed by atoms with van der Waals surface area (Å²) in [6, 6.07) is 0. The van der Waals surface area contributed by atoms with Crippen LogP contribution in [0.4, 0.5) is 0 Å². The molecule has 0 amide bonds. The van der Waals surface area contributed by atoms with E-state index in [-0.39, 0.29) is 0 Å². The average Bonchev–Trinajstić information content (AvgIpc) is 2.37. The first kappa shape index (κ1) is 6.94. The third kappa shape index (κ3) is 1.62. The highest BCUT2D eigenvalue weighted by atomic mass is 32.1. The van der Waals surface area contributed by atoms with Gasteiger partial charge in [-0.1, -0.05) is 17.7 Å². The number of hydrogen-bond donors (Lipinski definition) is 1. The molecule has 0 aromatic heterocycles. The summed E-state index contributed by atoms with van der Waals surface area (Å²) < 4.78 is 0. The van der Waals surface area contributed by atoms with Crippen LogP contribution in [-0.2, 0) is 0 Å². The van der Waals surface area contributed by atoms with Crippen LogP contribution in [0.15, 0.2) is 24.3 Å². The summed E-state index contributed by atoms with van der Waals surface area (Å²) in [6.07, 6.45) is 7.93. The first-order valence-electron chi connectivity index (χ1n) is 3.34. The second kappa shape index (κ2) is 3.11. The van der Waals surface area contributed by atoms with E-state index in [1.54, 1.807) is 0 Å². The Labute approximate surface area is 62.1 Å². The summed E-state index contributed by atoms with van der Waals surface area (Å²) >= 11 is 4.34. The van der Waals surface area contributed by atoms with E-state index in [0.717, 1.165) is 0 Å². The average molecular weight is 140 g/mol. The predicted octanol–water partition coefficient (Wildman–Crippen LogP) is 2.58. The molecule has 50 valence electrons. The molecule has 0 nitrogen and oxygen atoms in total. The lowest BCUT2D eigenvalue weighted by atomic mass is 10.1. The minimum atomic E-state index is 0.312. The molecule has 1 atom stereocenters. The molecular formula is C8H12S. The molecule has 1 unspecified atom stereocenters. The van der Waals surface area contributed by atoms with Crippen LogP contribution in [0.25, 0.3) is 0 Å². The van der Waals surface area contributed by atoms with Gasteiger partial charge in [-0.25, -0.2) is 0 Å². The lowest BCUT2D eigenvalue weighted by Gasteiger charge is -2.03. The maximum atomic E-state index is 4.34. The van der Waals surface area contributed by atoms with Gasteiger partial charge in [-0.05, 0) is 19.3 Å². The van der Waals surface area contributed by atoms with Crippen molar-refractivity contribution < 1.29 is 0 Å². The van der Waals surface area contributed by atoms with E-state index in [1.165, 1.54) is 24.8 Å². The van der Waals surface area contributed by atoms with Crippen molar-refractivity contribution in [3.63, 3.8) is 0 Å². The van der Waals surface area contributed by atoms with Gasteiger partial charge in [0.2, 0.25) is 0 Å². The second-order valence-electron chi connectivity index (χ2n) is 2.35. The van der Waals surface area contributed by atoms with Crippen LogP contribution >= 0.6 is 12.6 Å². The van der Waals surface area contributed by atoms with Crippen molar-refractivity contribution in [2.75, 3.05) is 0 Å². The van der Waals surface area contributed by atoms with Crippen LogP contribution in [0.1, 0.15) is 19.3 Å². The van der Waals surface area contributed by atoms with Crippen molar-refractivity contribution >= 4 is 12.6 Å². The first-order chi connectivity index (χ1) is 4.34. The molecule has 1 heteroatoms. The molecule has 1 rings (SSSR count). The second-order valence-corrected chi connectivity index (χ2v) is 2.91. The Morgan fingerprint density at radius 2 is 2.56 bits per heavy atom. The number of thiol groups is 1. The van der Waals surface area contributed by atoms with Crippen LogP contribution < -0.4 is 0 Å². The smallest absolute Gasteiger partial charge is 0.0404 e. The van der Waals surface area contributed by atoms with Crippen molar-refractivity contribution in [3.05, 3.63) is 24.3 Å². The van der Waals surface area contributed by atoms with Crippen LogP contribution in [0.5, 0.6) is 0 Å². The molecule has 0 saturated carbocycles. The highest BCUT2D eigenvalue weighted by Crippen LogP contribution is 2.23. The van der Waals surface area contributed by atoms with E-state index in [4.69, 9.17) is 0 Å². The molecule has 1 aliphatic rings. The number of hydrogen-bond acceptors (Lipinski definition) is 1. The van der Waals surface area contributed by atoms with Crippen molar-refractivity contribution in [1.82, 2.24) is 0 Å². The first-order valence-corrected chi connectivity index (χ1v) is 3.86. The van der Waals surface area contributed by atoms with Gasteiger partial charge in [0, 0.05) is 5.25 Å². The molecule has 0 saturated heterocycles. The van der Waals surface area contributed by atoms with Crippen LogP contribution in [0.2, 0.25) is 0 Å². The summed E-state index contributed by atoms with van der Waals surface area (Å²) in [6.45, 7) is 3.69. The topological polar surface area (TPSA) is 0 Å². The van der Waals surface area contributed by atoms with Crippen molar-refractivity contribution in [1.29, 1.82) is 0 Å². The SMILES string of the molecule is C=CC(S)C1=CCCC1. The number of rotatable bonds is 2. The Balaban J connectivity index is 2.50. The summed E-state index contributed by atoms with van der Waals surface area (Å²) in [5, 5.41) is 0.312. The number of allylic oxidation sites excluding steroid dienone is 1. The third-order valence-electron chi connectivity index (χ3n) is 1.68. The summed E-state index contributed by atoms with van der Waals surface area (Å²) in [5.74, 6) is 0. The molecule has 0 aliphatic heterocycles. The lowest BCUT2D eigenvalue weighted by molar-refractivity contribution is 0.897. The molecule has 0 fully saturated rings. The van der Waals surface area contributed by atoms with Crippen molar-refractivity contribution in [3.8, 4) is 0 Å². The van der Waals surface area contributed by atoms with Gasteiger partial charge in [-0.3, -0.25) is 0 Å². The van der Waals surface area contributed by atoms with Gasteiger partial charge < -0.3 is 0 Å². The molecule has 0 N–H and O–H groups in total. The van der Waals surface area contributed by atoms with Crippen molar-refractivity contribution in [2.45, 2.75) is 24.5 Å². The maximum absolute atomic E-state index is 4.34. The van der Waals surface area contributed by atoms with Gasteiger partial charge in [0.1, 0.15) is 0 Å². The quantitative estimate of drug-likeness (QED) is 0.442. The largest absolute Gasteiger partial charge is 0.167 e. The van der Waals surface area contributed by atoms with E-state index in [0.29, 0.717) is 5.25 Å². The van der Waals surface area contributed by atoms with Crippen LogP contribution in [-0.4, -0.2) is 5.25 Å². The zero-order valence-electron chi connectivity index (χ0n) is 5.51. The van der Waals surface area contributed by atoms with Crippen molar-refractivity contribution in [2.24, 2.45) is 0 Å². The minimum Gasteiger partial charge on any atom is -0.167 e. The molecule has 0 aromatic carbocycles. The Morgan fingerprint density at radius 1 is 1.78 bits per heavy atom. The molecule has 1 aliphatic carbocycles. The molecule has 9 heavy (non-hydrogen) atoms. The molecule has 0 radical (unpaired) electrons. The molecular weight excluding hydrogens is 128 g/mol. The zero-order valence-corrected chi connectivity index (χ0v) is 6.40. The van der Waals surface area contributed by atoms with Gasteiger partial charge in [0.05, 0.1) is 0 Å². The Hall–Kier alpha value is -0.170. The Bertz CT molecular complexity index is 136. The fourth-order valence-corrected chi connectivity index (χ4v) is 1.35. The summed E-state index contributed by atoms with van der Waals surface area (Å²) in [7, 11) is 0. The molecule has 0 bridgehead atoms. The van der Waals surface area contributed by atoms with Gasteiger partial charge in [-0.2, -0.15) is 12.6 Å². The highest BCUT2D eigenvalue weighted by Gasteiger charge is 2.08. The Morgan fingerprint density at radius 3 is 3.00 bits per heavy atom. The van der Waals surface area contributed by atoms with E-state index < -0.39 is 0 Å². The van der Waals surface area contributed by atoms with Gasteiger partial charge in [0.15, 0.2) is 0 Å². The monoisotopic (exact) mass is 140 g/mol. The van der Waals surface area contributed by atoms with Gasteiger partial charge in [-0.15, -0.1) is 6.58 Å². The summed E-state index contributed by atoms with van der Waals surface area (Å²) in [4.78, 5) is 0. The fourth-order valence-electron chi connectivity index (χ4n) is 1.12. The molecule has 0 spiro atoms. The Kier molecular flexibility index (Phi) is 2.40. The standard InChI is InChI=1S/C8H12S/c1-2-8(9)7-5-3-4-6-7/h2,5,8-9H,1,3-4,6H2. The van der Waals surface area contributed by atoms with Gasteiger partial charge in [0.25, 0.3) is 0 Å². The lowest BCUT2D eigenvalue weighted by Crippen LogP contribution is -1.94. The maximum Gasteiger partial charge on any atom is 0.0404 e. The van der Waals surface area contributed by atoms with Crippen LogP contribution in [0, 0.1) is 0 Å². The van der Waals surface area contributed by atoms with E-state index in [2.05, 4.69) is 25.3 Å². The fraction of sp³-hybridized carbons (Fsp3) is 0.500. The van der Waals surface area contributed by atoms with Gasteiger partial charge >= 0.3 is 0 Å². The van der Waals surface area contributed by atoms with Crippen LogP contribution in [0.3, 0.4) is 0 Å². The van der Waals surface area contributed by atoms with E-state index >= 15 is 0 Å². The molecule has 0 heterocycles. The van der Waals surface area contributed by atoms with E-state index in [1.807, 2.05) is 6.08 Å². The third-order valence-corrected chi connectivity index (χ3v) is 2.22. The summed E-state index contributed by atoms with van der Waals surface area (Å²) in [5.41, 5.74) is 1.45. The normalized spacial score (nSPS) is 21.2. The highest BCUT2D eigenvalue weighted by molar-refractivity contribution is 7.81. The van der Waals surface area contributed by atoms with E-state index in [9.17, 15) is 0 Å². The zero-order chi connectivity index (χ0) is 6.69. The molecule has 0 aromatic rings. The predicted molar refractivity (Wildman–Crippen MR) is 44.9 cm³/mol.